The second-order valence-electron chi connectivity index (χ2n) is 10.5. The number of nitrogens with zero attached hydrogens (tertiary/aromatic N) is 3. The number of hydrogen-bond acceptors (Lipinski definition) is 5. The number of methoxy groups -OCH3 is 2. The van der Waals surface area contributed by atoms with Gasteiger partial charge in [-0.1, -0.05) is 12.1 Å². The molecule has 8 nitrogen and oxygen atoms in total. The minimum Gasteiger partial charge on any atom is -0.494 e. The number of carboxylic acid groups (broad SMARTS) is 1. The third kappa shape index (κ3) is 4.81. The van der Waals surface area contributed by atoms with Crippen LogP contribution in [0.3, 0.4) is 0 Å². The van der Waals surface area contributed by atoms with E-state index in [1.54, 1.807) is 17.0 Å². The van der Waals surface area contributed by atoms with Gasteiger partial charge in [-0.3, -0.25) is 4.79 Å². The Morgan fingerprint density at radius 2 is 1.92 bits per heavy atom. The Morgan fingerprint density at radius 1 is 1.16 bits per heavy atom. The molecule has 2 aromatic carbocycles. The van der Waals surface area contributed by atoms with Gasteiger partial charge in [0.25, 0.3) is 0 Å². The normalized spacial score (nSPS) is 20.2. The predicted molar refractivity (Wildman–Crippen MR) is 140 cm³/mol. The highest BCUT2D eigenvalue weighted by Crippen LogP contribution is 2.40. The zero-order valence-electron chi connectivity index (χ0n) is 22.1. The lowest BCUT2D eigenvalue weighted by atomic mass is 9.81. The maximum atomic E-state index is 14.0. The quantitative estimate of drug-likeness (QED) is 0.461. The van der Waals surface area contributed by atoms with Gasteiger partial charge in [0.05, 0.1) is 37.7 Å². The number of carbonyl (C=O) groups is 2. The number of halogens is 1. The molecule has 0 radical (unpaired) electrons. The monoisotopic (exact) mass is 523 g/mol. The van der Waals surface area contributed by atoms with Gasteiger partial charge in [0.2, 0.25) is 0 Å². The fourth-order valence-corrected chi connectivity index (χ4v) is 6.11. The lowest BCUT2D eigenvalue weighted by Gasteiger charge is -2.28. The maximum Gasteiger partial charge on any atom is 0.409 e. The minimum atomic E-state index is -0.729. The number of aromatic nitrogens is 2. The van der Waals surface area contributed by atoms with Crippen molar-refractivity contribution >= 4 is 23.1 Å². The van der Waals surface area contributed by atoms with E-state index in [0.717, 1.165) is 47.2 Å². The van der Waals surface area contributed by atoms with Crippen molar-refractivity contribution in [2.75, 3.05) is 20.8 Å². The van der Waals surface area contributed by atoms with Gasteiger partial charge >= 0.3 is 12.1 Å². The van der Waals surface area contributed by atoms with Crippen molar-refractivity contribution in [3.05, 3.63) is 58.7 Å². The fourth-order valence-electron chi connectivity index (χ4n) is 6.11. The Bertz CT molecular complexity index is 1360. The van der Waals surface area contributed by atoms with Gasteiger partial charge in [0.1, 0.15) is 5.82 Å². The van der Waals surface area contributed by atoms with E-state index in [1.165, 1.54) is 25.8 Å². The van der Waals surface area contributed by atoms with E-state index in [2.05, 4.69) is 23.6 Å². The molecular weight excluding hydrogens is 489 g/mol. The molecule has 1 aliphatic carbocycles. The van der Waals surface area contributed by atoms with Gasteiger partial charge in [-0.15, -0.1) is 0 Å². The van der Waals surface area contributed by atoms with Crippen LogP contribution < -0.4 is 4.74 Å². The van der Waals surface area contributed by atoms with Crippen molar-refractivity contribution in [1.82, 2.24) is 14.5 Å². The molecule has 2 aliphatic rings. The third-order valence-corrected chi connectivity index (χ3v) is 8.15. The Balaban J connectivity index is 1.56. The average Bonchev–Trinajstić information content (AvgIpc) is 3.33. The van der Waals surface area contributed by atoms with Gasteiger partial charge in [0.15, 0.2) is 11.6 Å². The minimum absolute atomic E-state index is 0.000662. The van der Waals surface area contributed by atoms with E-state index >= 15 is 0 Å². The molecule has 1 N–H and O–H groups in total. The lowest BCUT2D eigenvalue weighted by molar-refractivity contribution is -0.142. The molecule has 1 aliphatic heterocycles. The molecular formula is C29H34FN3O5. The van der Waals surface area contributed by atoms with Gasteiger partial charge in [-0.25, -0.2) is 14.2 Å². The van der Waals surface area contributed by atoms with Crippen molar-refractivity contribution in [2.45, 2.75) is 64.0 Å². The van der Waals surface area contributed by atoms with Crippen molar-refractivity contribution in [3.63, 3.8) is 0 Å². The summed E-state index contributed by atoms with van der Waals surface area (Å²) in [6.45, 7) is 3.16. The molecule has 202 valence electrons. The summed E-state index contributed by atoms with van der Waals surface area (Å²) in [4.78, 5) is 30.8. The first-order valence-electron chi connectivity index (χ1n) is 13.2. The van der Waals surface area contributed by atoms with Crippen LogP contribution in [0.2, 0.25) is 0 Å². The van der Waals surface area contributed by atoms with Gasteiger partial charge in [0, 0.05) is 24.1 Å². The van der Waals surface area contributed by atoms with E-state index in [-0.39, 0.29) is 29.7 Å². The summed E-state index contributed by atoms with van der Waals surface area (Å²) >= 11 is 0. The van der Waals surface area contributed by atoms with Gasteiger partial charge < -0.3 is 24.0 Å². The summed E-state index contributed by atoms with van der Waals surface area (Å²) < 4.78 is 26.5. The zero-order valence-corrected chi connectivity index (χ0v) is 22.1. The molecule has 38 heavy (non-hydrogen) atoms. The summed E-state index contributed by atoms with van der Waals surface area (Å²) in [6.07, 6.45) is 3.80. The van der Waals surface area contributed by atoms with Crippen LogP contribution in [0.25, 0.3) is 11.0 Å². The van der Waals surface area contributed by atoms with E-state index in [0.29, 0.717) is 32.4 Å². The summed E-state index contributed by atoms with van der Waals surface area (Å²) in [5.41, 5.74) is 5.05. The van der Waals surface area contributed by atoms with Crippen LogP contribution in [0.5, 0.6) is 5.75 Å². The van der Waals surface area contributed by atoms with Crippen LogP contribution in [0, 0.1) is 11.7 Å². The van der Waals surface area contributed by atoms with Crippen LogP contribution in [0.4, 0.5) is 9.18 Å². The number of hydrogen-bond donors (Lipinski definition) is 1. The number of imidazole rings is 1. The molecule has 1 atom stereocenters. The Labute approximate surface area is 221 Å². The molecule has 0 unspecified atom stereocenters. The molecule has 5 rings (SSSR count). The van der Waals surface area contributed by atoms with Crippen LogP contribution in [-0.2, 0) is 28.9 Å². The first kappa shape index (κ1) is 26.0. The smallest absolute Gasteiger partial charge is 0.409 e. The molecule has 1 aromatic heterocycles. The van der Waals surface area contributed by atoms with Crippen LogP contribution >= 0.6 is 0 Å². The first-order chi connectivity index (χ1) is 18.3. The average molecular weight is 524 g/mol. The van der Waals surface area contributed by atoms with Crippen molar-refractivity contribution in [3.8, 4) is 5.75 Å². The molecule has 3 aromatic rings. The van der Waals surface area contributed by atoms with Crippen LogP contribution in [0.15, 0.2) is 30.3 Å². The lowest BCUT2D eigenvalue weighted by Crippen LogP contribution is -2.35. The number of ether oxygens (including phenoxy) is 2. The summed E-state index contributed by atoms with van der Waals surface area (Å²) in [7, 11) is 2.85. The fraction of sp³-hybridized carbons (Fsp3) is 0.483. The second kappa shape index (κ2) is 10.6. The molecule has 9 heteroatoms. The highest BCUT2D eigenvalue weighted by molar-refractivity contribution is 5.82. The molecule has 0 saturated heterocycles. The van der Waals surface area contributed by atoms with E-state index in [4.69, 9.17) is 14.5 Å². The Hall–Kier alpha value is -3.62. The standard InChI is InChI=1S/C29H34FN3O5/c1-17(14-18-4-10-23(30)25(15-18)37-2)33-24-11-9-19-12-13-32(29(36)38-3)16-22(19)26(24)31-27(33)20-5-7-21(8-6-20)28(34)35/h4,9-11,15,17,20-21H,5-8,12-14,16H2,1-3H3,(H,34,35)/t17-,20-,21-/m1/s1. The SMILES string of the molecule is COC(=O)N1CCc2ccc3c(nc([C@H]4CC[C@H](C(=O)O)CC4)n3[C@H](C)Cc3ccc(F)c(OC)c3)c2C1. The zero-order chi connectivity index (χ0) is 27.0. The first-order valence-corrected chi connectivity index (χ1v) is 13.2. The maximum absolute atomic E-state index is 14.0. The molecule has 0 spiro atoms. The highest BCUT2D eigenvalue weighted by Gasteiger charge is 2.32. The number of amides is 1. The molecule has 2 heterocycles. The summed E-state index contributed by atoms with van der Waals surface area (Å²) in [6, 6.07) is 9.19. The summed E-state index contributed by atoms with van der Waals surface area (Å²) in [5, 5.41) is 9.50. The largest absolute Gasteiger partial charge is 0.494 e. The molecule has 1 fully saturated rings. The van der Waals surface area contributed by atoms with E-state index in [9.17, 15) is 19.1 Å². The third-order valence-electron chi connectivity index (χ3n) is 8.15. The van der Waals surface area contributed by atoms with Gasteiger partial charge in [-0.2, -0.15) is 0 Å². The van der Waals surface area contributed by atoms with Crippen molar-refractivity contribution < 1.29 is 28.6 Å². The second-order valence-corrected chi connectivity index (χ2v) is 10.5. The topological polar surface area (TPSA) is 93.9 Å². The number of carbonyl (C=O) groups excluding carboxylic acids is 1. The van der Waals surface area contributed by atoms with Crippen LogP contribution in [0.1, 0.15) is 67.1 Å². The van der Waals surface area contributed by atoms with Crippen LogP contribution in [-0.4, -0.2) is 52.4 Å². The van der Waals surface area contributed by atoms with Crippen molar-refractivity contribution in [2.24, 2.45) is 5.92 Å². The Morgan fingerprint density at radius 3 is 2.61 bits per heavy atom. The number of fused-ring (bicyclic) bond motifs is 3. The van der Waals surface area contributed by atoms with E-state index in [1.807, 2.05) is 0 Å². The number of carboxylic acids is 1. The number of aliphatic carboxylic acids is 1. The summed E-state index contributed by atoms with van der Waals surface area (Å²) in [5.74, 6) is -0.126. The highest BCUT2D eigenvalue weighted by atomic mass is 19.1. The molecule has 0 bridgehead atoms. The van der Waals surface area contributed by atoms with Crippen molar-refractivity contribution in [1.29, 1.82) is 0 Å². The Kier molecular flexibility index (Phi) is 7.27. The number of rotatable bonds is 6. The predicted octanol–water partition coefficient (Wildman–Crippen LogP) is 5.47. The van der Waals surface area contributed by atoms with Gasteiger partial charge in [-0.05, 0) is 74.8 Å². The van der Waals surface area contributed by atoms with E-state index < -0.39 is 11.8 Å². The molecule has 1 amide bonds. The number of benzene rings is 2. The molecule has 1 saturated carbocycles.